The van der Waals surface area contributed by atoms with Crippen LogP contribution in [0, 0.1) is 10.1 Å². The van der Waals surface area contributed by atoms with Crippen molar-refractivity contribution in [1.82, 2.24) is 10.2 Å². The topological polar surface area (TPSA) is 58.4 Å². The molecule has 1 aromatic rings. The Balaban J connectivity index is 0.00000162. The zero-order valence-electron chi connectivity index (χ0n) is 10.1. The van der Waals surface area contributed by atoms with Gasteiger partial charge in [-0.25, -0.2) is 4.39 Å². The summed E-state index contributed by atoms with van der Waals surface area (Å²) in [4.78, 5) is 12.9. The minimum atomic E-state index is -0.502. The number of nitrogens with one attached hydrogen (secondary N) is 1. The number of hydrogen-bond donors (Lipinski definition) is 1. The quantitative estimate of drug-likeness (QED) is 0.680. The van der Waals surface area contributed by atoms with Gasteiger partial charge >= 0.3 is 5.00 Å². The lowest BCUT2D eigenvalue weighted by Crippen LogP contribution is -2.45. The van der Waals surface area contributed by atoms with Gasteiger partial charge in [-0.1, -0.05) is 11.3 Å². The van der Waals surface area contributed by atoms with E-state index in [1.54, 1.807) is 6.07 Å². The lowest BCUT2D eigenvalue weighted by atomic mass is 10.2. The number of thiophene rings is 1. The van der Waals surface area contributed by atoms with Gasteiger partial charge < -0.3 is 5.32 Å². The molecule has 0 saturated carbocycles. The molecule has 110 valence electrons. The number of nitro groups is 1. The Morgan fingerprint density at radius 3 is 2.53 bits per heavy atom. The molecule has 0 bridgehead atoms. The van der Waals surface area contributed by atoms with E-state index >= 15 is 0 Å². The third kappa shape index (κ3) is 4.54. The van der Waals surface area contributed by atoms with Gasteiger partial charge in [-0.15, -0.1) is 24.8 Å². The molecule has 0 radical (unpaired) electrons. The summed E-state index contributed by atoms with van der Waals surface area (Å²) in [6.07, 6.45) is 0. The second-order valence-electron chi connectivity index (χ2n) is 3.89. The average molecular weight is 332 g/mol. The van der Waals surface area contributed by atoms with Gasteiger partial charge in [-0.3, -0.25) is 15.0 Å². The first-order chi connectivity index (χ1) is 8.22. The molecule has 9 heteroatoms. The SMILES string of the molecule is Cl.Cl.O=[N+]([O-])c1ccc([C@H](CF)N2CCNCC2)s1. The fourth-order valence-electron chi connectivity index (χ4n) is 1.97. The van der Waals surface area contributed by atoms with E-state index in [9.17, 15) is 14.5 Å². The zero-order valence-corrected chi connectivity index (χ0v) is 12.5. The first-order valence-electron chi connectivity index (χ1n) is 5.47. The van der Waals surface area contributed by atoms with Gasteiger partial charge in [-0.05, 0) is 6.07 Å². The molecule has 0 spiro atoms. The highest BCUT2D eigenvalue weighted by Crippen LogP contribution is 2.32. The summed E-state index contributed by atoms with van der Waals surface area (Å²) in [7, 11) is 0. The first kappa shape index (κ1) is 18.5. The van der Waals surface area contributed by atoms with E-state index in [0.717, 1.165) is 42.4 Å². The summed E-state index contributed by atoms with van der Waals surface area (Å²) < 4.78 is 13.1. The van der Waals surface area contributed by atoms with E-state index in [2.05, 4.69) is 5.32 Å². The Bertz CT molecular complexity index is 402. The summed E-state index contributed by atoms with van der Waals surface area (Å²) in [6, 6.07) is 2.77. The molecule has 19 heavy (non-hydrogen) atoms. The number of halogens is 3. The summed E-state index contributed by atoms with van der Waals surface area (Å²) in [5.74, 6) is 0. The molecule has 1 atom stereocenters. The van der Waals surface area contributed by atoms with Gasteiger partial charge in [0.25, 0.3) is 0 Å². The van der Waals surface area contributed by atoms with Crippen LogP contribution in [-0.2, 0) is 0 Å². The highest BCUT2D eigenvalue weighted by atomic mass is 35.5. The minimum absolute atomic E-state index is 0. The zero-order chi connectivity index (χ0) is 12.3. The molecule has 2 heterocycles. The number of piperazine rings is 1. The molecule has 5 nitrogen and oxygen atoms in total. The van der Waals surface area contributed by atoms with E-state index in [-0.39, 0.29) is 35.9 Å². The highest BCUT2D eigenvalue weighted by molar-refractivity contribution is 7.15. The van der Waals surface area contributed by atoms with Gasteiger partial charge in [0.15, 0.2) is 0 Å². The van der Waals surface area contributed by atoms with Crippen LogP contribution < -0.4 is 5.32 Å². The van der Waals surface area contributed by atoms with E-state index in [0.29, 0.717) is 0 Å². The molecular formula is C10H16Cl2FN3O2S. The van der Waals surface area contributed by atoms with Crippen molar-refractivity contribution in [2.24, 2.45) is 0 Å². The lowest BCUT2D eigenvalue weighted by Gasteiger charge is -2.32. The Hall–Kier alpha value is -0.470. The summed E-state index contributed by atoms with van der Waals surface area (Å²) >= 11 is 1.07. The average Bonchev–Trinajstić information content (AvgIpc) is 2.81. The van der Waals surface area contributed by atoms with Gasteiger partial charge in [0.2, 0.25) is 0 Å². The predicted octanol–water partition coefficient (Wildman–Crippen LogP) is 2.42. The Kier molecular flexibility index (Phi) is 8.44. The van der Waals surface area contributed by atoms with Crippen LogP contribution in [0.3, 0.4) is 0 Å². The molecule has 0 amide bonds. The van der Waals surface area contributed by atoms with Crippen LogP contribution in [0.15, 0.2) is 12.1 Å². The van der Waals surface area contributed by atoms with Crippen LogP contribution in [0.2, 0.25) is 0 Å². The summed E-state index contributed by atoms with van der Waals surface area (Å²) in [6.45, 7) is 2.73. The number of rotatable bonds is 4. The highest BCUT2D eigenvalue weighted by Gasteiger charge is 2.25. The van der Waals surface area contributed by atoms with Crippen LogP contribution in [0.25, 0.3) is 0 Å². The molecule has 0 unspecified atom stereocenters. The van der Waals surface area contributed by atoms with Crippen molar-refractivity contribution < 1.29 is 9.31 Å². The van der Waals surface area contributed by atoms with Gasteiger partial charge in [-0.2, -0.15) is 0 Å². The molecule has 0 aromatic carbocycles. The molecule has 1 saturated heterocycles. The molecule has 1 N–H and O–H groups in total. The van der Waals surface area contributed by atoms with Crippen LogP contribution in [0.4, 0.5) is 9.39 Å². The lowest BCUT2D eigenvalue weighted by molar-refractivity contribution is -0.380. The van der Waals surface area contributed by atoms with Crippen molar-refractivity contribution in [3.05, 3.63) is 27.1 Å². The standard InChI is InChI=1S/C10H14FN3O2S.2ClH/c11-7-8(13-5-3-12-4-6-13)9-1-2-10(17-9)14(15)16;;/h1-2,8,12H,3-7H2;2*1H/t8-;;/m0../s1. The van der Waals surface area contributed by atoms with Crippen molar-refractivity contribution >= 4 is 41.2 Å². The molecular weight excluding hydrogens is 316 g/mol. The first-order valence-corrected chi connectivity index (χ1v) is 6.29. The molecule has 0 aliphatic carbocycles. The normalized spacial score (nSPS) is 17.1. The summed E-state index contributed by atoms with van der Waals surface area (Å²) in [5, 5.41) is 13.9. The fourth-order valence-corrected chi connectivity index (χ4v) is 2.90. The second kappa shape index (κ2) is 8.65. The maximum Gasteiger partial charge on any atom is 0.324 e. The van der Waals surface area contributed by atoms with Gasteiger partial charge in [0.05, 0.1) is 11.0 Å². The number of nitrogens with zero attached hydrogens (tertiary/aromatic N) is 2. The molecule has 1 aliphatic heterocycles. The minimum Gasteiger partial charge on any atom is -0.314 e. The fraction of sp³-hybridized carbons (Fsp3) is 0.600. The Labute approximate surface area is 127 Å². The second-order valence-corrected chi connectivity index (χ2v) is 4.98. The Morgan fingerprint density at radius 1 is 1.42 bits per heavy atom. The van der Waals surface area contributed by atoms with Gasteiger partial charge in [0, 0.05) is 37.1 Å². The predicted molar refractivity (Wildman–Crippen MR) is 78.6 cm³/mol. The van der Waals surface area contributed by atoms with Crippen molar-refractivity contribution in [1.29, 1.82) is 0 Å². The number of hydrogen-bond acceptors (Lipinski definition) is 5. The third-order valence-corrected chi connectivity index (χ3v) is 4.00. The van der Waals surface area contributed by atoms with E-state index in [1.165, 1.54) is 6.07 Å². The molecule has 1 aliphatic rings. The number of alkyl halides is 1. The summed E-state index contributed by atoms with van der Waals surface area (Å²) in [5.41, 5.74) is 0. The Morgan fingerprint density at radius 2 is 2.05 bits per heavy atom. The van der Waals surface area contributed by atoms with Crippen molar-refractivity contribution in [2.75, 3.05) is 32.9 Å². The van der Waals surface area contributed by atoms with Crippen LogP contribution >= 0.6 is 36.2 Å². The maximum atomic E-state index is 13.1. The smallest absolute Gasteiger partial charge is 0.314 e. The largest absolute Gasteiger partial charge is 0.324 e. The molecule has 1 fully saturated rings. The van der Waals surface area contributed by atoms with Crippen LogP contribution in [0.1, 0.15) is 10.9 Å². The third-order valence-electron chi connectivity index (χ3n) is 2.86. The monoisotopic (exact) mass is 331 g/mol. The molecule has 1 aromatic heterocycles. The van der Waals surface area contributed by atoms with E-state index in [4.69, 9.17) is 0 Å². The molecule has 2 rings (SSSR count). The van der Waals surface area contributed by atoms with E-state index < -0.39 is 11.6 Å². The van der Waals surface area contributed by atoms with E-state index in [1.807, 2.05) is 4.90 Å². The maximum absolute atomic E-state index is 13.1. The van der Waals surface area contributed by atoms with Crippen molar-refractivity contribution in [2.45, 2.75) is 6.04 Å². The van der Waals surface area contributed by atoms with Gasteiger partial charge in [0.1, 0.15) is 6.67 Å². The van der Waals surface area contributed by atoms with Crippen molar-refractivity contribution in [3.63, 3.8) is 0 Å². The van der Waals surface area contributed by atoms with Crippen LogP contribution in [0.5, 0.6) is 0 Å². The van der Waals surface area contributed by atoms with Crippen molar-refractivity contribution in [3.8, 4) is 0 Å². The van der Waals surface area contributed by atoms with Crippen LogP contribution in [-0.4, -0.2) is 42.7 Å².